The van der Waals surface area contributed by atoms with Crippen LogP contribution in [-0.4, -0.2) is 40.8 Å². The first-order valence-corrected chi connectivity index (χ1v) is 6.66. The van der Waals surface area contributed by atoms with Crippen LogP contribution in [0.5, 0.6) is 5.75 Å². The van der Waals surface area contributed by atoms with Crippen LogP contribution in [0, 0.1) is 6.92 Å². The van der Waals surface area contributed by atoms with E-state index in [9.17, 15) is 14.7 Å². The van der Waals surface area contributed by atoms with Crippen LogP contribution in [0.3, 0.4) is 0 Å². The van der Waals surface area contributed by atoms with Gasteiger partial charge in [0.25, 0.3) is 0 Å². The van der Waals surface area contributed by atoms with Crippen molar-refractivity contribution < 1.29 is 24.2 Å². The zero-order valence-corrected chi connectivity index (χ0v) is 11.5. The zero-order valence-electron chi connectivity index (χ0n) is 11.5. The minimum Gasteiger partial charge on any atom is -0.489 e. The minimum absolute atomic E-state index is 0.191. The van der Waals surface area contributed by atoms with E-state index in [1.54, 1.807) is 6.08 Å². The van der Waals surface area contributed by atoms with E-state index in [0.717, 1.165) is 5.56 Å². The number of nitrogens with zero attached hydrogens (tertiary/aromatic N) is 1. The van der Waals surface area contributed by atoms with Gasteiger partial charge in [-0.3, -0.25) is 9.69 Å². The summed E-state index contributed by atoms with van der Waals surface area (Å²) in [5.41, 5.74) is 1.13. The topological polar surface area (TPSA) is 76.1 Å². The fourth-order valence-corrected chi connectivity index (χ4v) is 2.42. The van der Waals surface area contributed by atoms with Gasteiger partial charge in [-0.25, -0.2) is 4.79 Å². The van der Waals surface area contributed by atoms with E-state index in [4.69, 9.17) is 9.47 Å². The van der Waals surface area contributed by atoms with Crippen LogP contribution >= 0.6 is 0 Å². The van der Waals surface area contributed by atoms with E-state index < -0.39 is 18.2 Å². The quantitative estimate of drug-likeness (QED) is 0.845. The fourth-order valence-electron chi connectivity index (χ4n) is 2.42. The standard InChI is InChI=1S/C15H15NO5/c1-9-2-4-10(5-3-9)20-7-6-11-14(15(18)19)16-12(17)8-13(16)21-11/h2-6,13-14H,7-8H2,1H3,(H,18,19)/b11-6-/t13?,14-/m1/s1. The van der Waals surface area contributed by atoms with E-state index in [0.29, 0.717) is 5.75 Å². The molecule has 2 atom stereocenters. The van der Waals surface area contributed by atoms with Crippen molar-refractivity contribution in [3.05, 3.63) is 41.7 Å². The van der Waals surface area contributed by atoms with Crippen LogP contribution in [0.4, 0.5) is 0 Å². The Bertz CT molecular complexity index is 607. The van der Waals surface area contributed by atoms with E-state index in [-0.39, 0.29) is 24.7 Å². The van der Waals surface area contributed by atoms with Crippen LogP contribution in [-0.2, 0) is 14.3 Å². The molecule has 2 saturated heterocycles. The number of hydrogen-bond acceptors (Lipinski definition) is 4. The number of amides is 1. The normalized spacial score (nSPS) is 25.3. The van der Waals surface area contributed by atoms with Gasteiger partial charge in [-0.15, -0.1) is 0 Å². The smallest absolute Gasteiger partial charge is 0.334 e. The molecule has 3 rings (SSSR count). The number of aliphatic carboxylic acids is 1. The van der Waals surface area contributed by atoms with Crippen LogP contribution in [0.25, 0.3) is 0 Å². The third-order valence-electron chi connectivity index (χ3n) is 3.56. The fraction of sp³-hybridized carbons (Fsp3) is 0.333. The molecule has 110 valence electrons. The molecular weight excluding hydrogens is 274 g/mol. The molecular formula is C15H15NO5. The molecule has 2 heterocycles. The monoisotopic (exact) mass is 289 g/mol. The lowest BCUT2D eigenvalue weighted by Crippen LogP contribution is -2.54. The predicted octanol–water partition coefficient (Wildman–Crippen LogP) is 1.30. The lowest BCUT2D eigenvalue weighted by atomic mass is 10.1. The van der Waals surface area contributed by atoms with Gasteiger partial charge >= 0.3 is 5.97 Å². The molecule has 0 radical (unpaired) electrons. The van der Waals surface area contributed by atoms with Crippen LogP contribution in [0.15, 0.2) is 36.1 Å². The Labute approximate surface area is 121 Å². The van der Waals surface area contributed by atoms with Crippen molar-refractivity contribution in [2.45, 2.75) is 25.6 Å². The number of β-lactam (4-membered cyclic amide) rings is 1. The molecule has 1 unspecified atom stereocenters. The maximum absolute atomic E-state index is 11.4. The number of ether oxygens (including phenoxy) is 2. The third kappa shape index (κ3) is 2.44. The Kier molecular flexibility index (Phi) is 3.29. The average Bonchev–Trinajstić information content (AvgIpc) is 2.74. The Morgan fingerprint density at radius 3 is 2.81 bits per heavy atom. The Hall–Kier alpha value is -2.50. The van der Waals surface area contributed by atoms with E-state index in [2.05, 4.69) is 0 Å². The lowest BCUT2D eigenvalue weighted by Gasteiger charge is -2.33. The maximum atomic E-state index is 11.4. The predicted molar refractivity (Wildman–Crippen MR) is 72.5 cm³/mol. The molecule has 0 aromatic heterocycles. The highest BCUT2D eigenvalue weighted by Crippen LogP contribution is 2.36. The van der Waals surface area contributed by atoms with Crippen molar-refractivity contribution in [2.75, 3.05) is 6.61 Å². The van der Waals surface area contributed by atoms with E-state index >= 15 is 0 Å². The van der Waals surface area contributed by atoms with Crippen molar-refractivity contribution in [3.63, 3.8) is 0 Å². The molecule has 1 aromatic rings. The second kappa shape index (κ2) is 5.12. The van der Waals surface area contributed by atoms with Crippen LogP contribution < -0.4 is 4.74 Å². The average molecular weight is 289 g/mol. The molecule has 0 spiro atoms. The number of fused-ring (bicyclic) bond motifs is 1. The van der Waals surface area contributed by atoms with Crippen LogP contribution in [0.1, 0.15) is 12.0 Å². The largest absolute Gasteiger partial charge is 0.489 e. The van der Waals surface area contributed by atoms with Crippen molar-refractivity contribution in [1.82, 2.24) is 4.90 Å². The second-order valence-corrected chi connectivity index (χ2v) is 5.05. The Balaban J connectivity index is 1.66. The van der Waals surface area contributed by atoms with Gasteiger partial charge < -0.3 is 14.6 Å². The number of benzene rings is 1. The summed E-state index contributed by atoms with van der Waals surface area (Å²) in [5.74, 6) is -0.325. The number of hydrogen-bond donors (Lipinski definition) is 1. The van der Waals surface area contributed by atoms with Gasteiger partial charge in [0.1, 0.15) is 18.1 Å². The summed E-state index contributed by atoms with van der Waals surface area (Å²) in [5, 5.41) is 9.21. The molecule has 0 bridgehead atoms. The number of aryl methyl sites for hydroxylation is 1. The molecule has 1 N–H and O–H groups in total. The number of carbonyl (C=O) groups excluding carboxylic acids is 1. The summed E-state index contributed by atoms with van der Waals surface area (Å²) in [6.07, 6.45) is 1.37. The molecule has 6 nitrogen and oxygen atoms in total. The first kappa shape index (κ1) is 13.5. The molecule has 2 aliphatic rings. The Morgan fingerprint density at radius 1 is 1.48 bits per heavy atom. The van der Waals surface area contributed by atoms with E-state index in [1.165, 1.54) is 4.90 Å². The highest BCUT2D eigenvalue weighted by atomic mass is 16.5. The van der Waals surface area contributed by atoms with Gasteiger partial charge in [0, 0.05) is 0 Å². The first-order chi connectivity index (χ1) is 10.1. The zero-order chi connectivity index (χ0) is 15.0. The van der Waals surface area contributed by atoms with Crippen molar-refractivity contribution in [3.8, 4) is 5.75 Å². The molecule has 0 saturated carbocycles. The van der Waals surface area contributed by atoms with Crippen molar-refractivity contribution in [1.29, 1.82) is 0 Å². The summed E-state index contributed by atoms with van der Waals surface area (Å²) in [7, 11) is 0. The molecule has 1 amide bonds. The second-order valence-electron chi connectivity index (χ2n) is 5.05. The third-order valence-corrected chi connectivity index (χ3v) is 3.56. The lowest BCUT2D eigenvalue weighted by molar-refractivity contribution is -0.163. The number of carbonyl (C=O) groups is 2. The van der Waals surface area contributed by atoms with Gasteiger partial charge in [-0.2, -0.15) is 0 Å². The minimum atomic E-state index is -1.09. The summed E-state index contributed by atoms with van der Waals surface area (Å²) in [6.45, 7) is 2.17. The number of carboxylic acids is 1. The molecule has 1 aromatic carbocycles. The van der Waals surface area contributed by atoms with Crippen molar-refractivity contribution >= 4 is 11.9 Å². The van der Waals surface area contributed by atoms with Gasteiger partial charge in [-0.1, -0.05) is 17.7 Å². The van der Waals surface area contributed by atoms with Gasteiger partial charge in [-0.05, 0) is 25.1 Å². The van der Waals surface area contributed by atoms with Crippen molar-refractivity contribution in [2.24, 2.45) is 0 Å². The summed E-state index contributed by atoms with van der Waals surface area (Å²) < 4.78 is 11.0. The SMILES string of the molecule is Cc1ccc(OC/C=C2\OC3CC(=O)N3[C@H]2C(=O)O)cc1. The van der Waals surface area contributed by atoms with E-state index in [1.807, 2.05) is 31.2 Å². The van der Waals surface area contributed by atoms with Gasteiger partial charge in [0.2, 0.25) is 5.91 Å². The molecule has 0 aliphatic carbocycles. The highest BCUT2D eigenvalue weighted by molar-refractivity contribution is 5.91. The summed E-state index contributed by atoms with van der Waals surface area (Å²) in [4.78, 5) is 23.9. The van der Waals surface area contributed by atoms with Gasteiger partial charge in [0.05, 0.1) is 6.42 Å². The molecule has 2 fully saturated rings. The molecule has 6 heteroatoms. The number of rotatable bonds is 4. The number of carboxylic acid groups (broad SMARTS) is 1. The Morgan fingerprint density at radius 2 is 2.19 bits per heavy atom. The summed E-state index contributed by atoms with van der Waals surface area (Å²) >= 11 is 0. The highest BCUT2D eigenvalue weighted by Gasteiger charge is 2.53. The molecule has 2 aliphatic heterocycles. The van der Waals surface area contributed by atoms with Crippen LogP contribution in [0.2, 0.25) is 0 Å². The maximum Gasteiger partial charge on any atom is 0.334 e. The first-order valence-electron chi connectivity index (χ1n) is 6.66. The summed E-state index contributed by atoms with van der Waals surface area (Å²) in [6, 6.07) is 6.51. The molecule has 21 heavy (non-hydrogen) atoms. The van der Waals surface area contributed by atoms with Gasteiger partial charge in [0.15, 0.2) is 12.3 Å².